The zero-order valence-electron chi connectivity index (χ0n) is 33.8. The Morgan fingerprint density at radius 1 is 0.226 bits per heavy atom. The first-order valence-corrected chi connectivity index (χ1v) is 21.4. The molecule has 0 amide bonds. The molecule has 288 valence electrons. The van der Waals surface area contributed by atoms with Crippen LogP contribution in [0.15, 0.2) is 231 Å². The number of hydrogen-bond donors (Lipinski definition) is 0. The second-order valence-corrected chi connectivity index (χ2v) is 16.5. The maximum atomic E-state index is 2.48. The standard InChI is InChI=1S/C60H38N2/c1-3-14-39(15-4-1)45-34-46(40-16-5-2-6-17-40)36-47(35-45)61-56-24-11-10-21-51(56)54-37-43(30-32-58(54)61)41-26-28-42(29-27-41)44-31-33-59-55(38-44)53-23-13-22-52-49-19-8-7-18-48(49)50-20-9-12-25-57(50)62(59)60(52)53/h1-38H. The summed E-state index contributed by atoms with van der Waals surface area (Å²) in [7, 11) is 0. The summed E-state index contributed by atoms with van der Waals surface area (Å²) in [5.41, 5.74) is 22.0. The smallest absolute Gasteiger partial charge is 0.0619 e. The summed E-state index contributed by atoms with van der Waals surface area (Å²) >= 11 is 0. The minimum Gasteiger partial charge on any atom is -0.309 e. The van der Waals surface area contributed by atoms with Crippen molar-refractivity contribution in [2.75, 3.05) is 0 Å². The molecule has 0 unspecified atom stereocenters. The lowest BCUT2D eigenvalue weighted by molar-refractivity contribution is 1.18. The Kier molecular flexibility index (Phi) is 7.64. The second-order valence-electron chi connectivity index (χ2n) is 16.5. The molecule has 12 aromatic rings. The van der Waals surface area contributed by atoms with Gasteiger partial charge in [0.1, 0.15) is 0 Å². The van der Waals surface area contributed by atoms with E-state index in [-0.39, 0.29) is 0 Å². The van der Waals surface area contributed by atoms with Crippen molar-refractivity contribution in [3.63, 3.8) is 0 Å². The molecule has 0 aliphatic carbocycles. The van der Waals surface area contributed by atoms with Gasteiger partial charge >= 0.3 is 0 Å². The van der Waals surface area contributed by atoms with Crippen LogP contribution in [0.1, 0.15) is 0 Å². The largest absolute Gasteiger partial charge is 0.309 e. The van der Waals surface area contributed by atoms with Crippen LogP contribution in [0.4, 0.5) is 0 Å². The number of para-hydroxylation sites is 3. The maximum Gasteiger partial charge on any atom is 0.0619 e. The van der Waals surface area contributed by atoms with Gasteiger partial charge in [0.15, 0.2) is 0 Å². The second kappa shape index (κ2) is 13.7. The van der Waals surface area contributed by atoms with Crippen LogP contribution in [0.3, 0.4) is 0 Å². The lowest BCUT2D eigenvalue weighted by Crippen LogP contribution is -1.96. The van der Waals surface area contributed by atoms with Gasteiger partial charge in [0, 0.05) is 38.4 Å². The first kappa shape index (κ1) is 34.6. The zero-order chi connectivity index (χ0) is 40.7. The van der Waals surface area contributed by atoms with E-state index in [1.807, 2.05) is 0 Å². The van der Waals surface area contributed by atoms with Gasteiger partial charge in [-0.15, -0.1) is 0 Å². The predicted octanol–water partition coefficient (Wildman–Crippen LogP) is 16.2. The molecule has 2 heteroatoms. The third kappa shape index (κ3) is 5.30. The molecule has 0 saturated heterocycles. The van der Waals surface area contributed by atoms with E-state index in [1.54, 1.807) is 0 Å². The molecule has 10 aromatic carbocycles. The van der Waals surface area contributed by atoms with Crippen LogP contribution in [-0.4, -0.2) is 9.13 Å². The molecule has 2 nitrogen and oxygen atoms in total. The van der Waals surface area contributed by atoms with Crippen molar-refractivity contribution in [1.29, 1.82) is 0 Å². The number of aromatic nitrogens is 2. The first-order chi connectivity index (χ1) is 30.7. The van der Waals surface area contributed by atoms with Gasteiger partial charge in [-0.25, -0.2) is 0 Å². The van der Waals surface area contributed by atoms with E-state index >= 15 is 0 Å². The van der Waals surface area contributed by atoms with Gasteiger partial charge in [-0.05, 0) is 110 Å². The number of benzene rings is 10. The topological polar surface area (TPSA) is 9.86 Å². The van der Waals surface area contributed by atoms with Crippen molar-refractivity contribution in [1.82, 2.24) is 9.13 Å². The van der Waals surface area contributed by atoms with Crippen molar-refractivity contribution >= 4 is 43.6 Å². The molecule has 0 fully saturated rings. The molecule has 0 N–H and O–H groups in total. The van der Waals surface area contributed by atoms with Gasteiger partial charge in [-0.2, -0.15) is 0 Å². The summed E-state index contributed by atoms with van der Waals surface area (Å²) in [5.74, 6) is 0. The normalized spacial score (nSPS) is 11.9. The van der Waals surface area contributed by atoms with Gasteiger partial charge < -0.3 is 9.13 Å². The molecule has 3 heterocycles. The highest BCUT2D eigenvalue weighted by Crippen LogP contribution is 2.47. The molecule has 1 aliphatic heterocycles. The Labute approximate surface area is 359 Å². The van der Waals surface area contributed by atoms with Gasteiger partial charge in [0.25, 0.3) is 0 Å². The Morgan fingerprint density at radius 2 is 0.677 bits per heavy atom. The van der Waals surface area contributed by atoms with Crippen LogP contribution in [0.5, 0.6) is 0 Å². The minimum absolute atomic E-state index is 1.15. The van der Waals surface area contributed by atoms with Crippen molar-refractivity contribution in [2.45, 2.75) is 0 Å². The van der Waals surface area contributed by atoms with Gasteiger partial charge in [0.05, 0.1) is 27.8 Å². The molecule has 1 aliphatic rings. The molecule has 13 rings (SSSR count). The van der Waals surface area contributed by atoms with Crippen LogP contribution in [-0.2, 0) is 0 Å². The van der Waals surface area contributed by atoms with E-state index in [9.17, 15) is 0 Å². The third-order valence-corrected chi connectivity index (χ3v) is 13.1. The molecule has 62 heavy (non-hydrogen) atoms. The van der Waals surface area contributed by atoms with Crippen molar-refractivity contribution < 1.29 is 0 Å². The molecule has 0 atom stereocenters. The van der Waals surface area contributed by atoms with Crippen LogP contribution < -0.4 is 0 Å². The molecule has 0 radical (unpaired) electrons. The van der Waals surface area contributed by atoms with E-state index in [0.717, 1.165) is 5.69 Å². The lowest BCUT2D eigenvalue weighted by atomic mass is 9.93. The number of hydrogen-bond acceptors (Lipinski definition) is 0. The maximum absolute atomic E-state index is 2.48. The third-order valence-electron chi connectivity index (χ3n) is 13.1. The Hall–Kier alpha value is -8.20. The average Bonchev–Trinajstić information content (AvgIpc) is 3.82. The van der Waals surface area contributed by atoms with Gasteiger partial charge in [0.2, 0.25) is 0 Å². The summed E-state index contributed by atoms with van der Waals surface area (Å²) in [6.07, 6.45) is 0. The fourth-order valence-electron chi connectivity index (χ4n) is 10.2. The van der Waals surface area contributed by atoms with E-state index in [0.29, 0.717) is 0 Å². The van der Waals surface area contributed by atoms with Crippen LogP contribution in [0, 0.1) is 0 Å². The Balaban J connectivity index is 0.909. The summed E-state index contributed by atoms with van der Waals surface area (Å²) < 4.78 is 4.92. The minimum atomic E-state index is 1.15. The number of nitrogens with zero attached hydrogens (tertiary/aromatic N) is 2. The molecule has 2 aromatic heterocycles. The molecule has 0 bridgehead atoms. The van der Waals surface area contributed by atoms with E-state index in [2.05, 4.69) is 240 Å². The van der Waals surface area contributed by atoms with E-state index in [4.69, 9.17) is 0 Å². The first-order valence-electron chi connectivity index (χ1n) is 21.4. The average molecular weight is 787 g/mol. The summed E-state index contributed by atoms with van der Waals surface area (Å²) in [5, 5.41) is 5.03. The molecule has 0 spiro atoms. The Bertz CT molecular complexity index is 3660. The lowest BCUT2D eigenvalue weighted by Gasteiger charge is -2.14. The molecule has 0 saturated carbocycles. The highest BCUT2D eigenvalue weighted by molar-refractivity contribution is 6.17. The number of rotatable bonds is 5. The highest BCUT2D eigenvalue weighted by Gasteiger charge is 2.24. The van der Waals surface area contributed by atoms with Crippen LogP contribution in [0.25, 0.3) is 122 Å². The number of fused-ring (bicyclic) bond motifs is 11. The molecular weight excluding hydrogens is 749 g/mol. The summed E-state index contributed by atoms with van der Waals surface area (Å²) in [6, 6.07) is 84.7. The van der Waals surface area contributed by atoms with Crippen LogP contribution >= 0.6 is 0 Å². The SMILES string of the molecule is c1ccc(-c2cc(-c3ccccc3)cc(-n3c4ccccc4c4cc(-c5ccc(-c6ccc7c(c6)c6cccc8c6n7-c6ccccc6-c6ccccc6-8)cc5)ccc43)c2)cc1. The summed E-state index contributed by atoms with van der Waals surface area (Å²) in [6.45, 7) is 0. The monoisotopic (exact) mass is 786 g/mol. The van der Waals surface area contributed by atoms with Gasteiger partial charge in [-0.3, -0.25) is 0 Å². The van der Waals surface area contributed by atoms with E-state index < -0.39 is 0 Å². The fourth-order valence-corrected chi connectivity index (χ4v) is 10.2. The highest BCUT2D eigenvalue weighted by atomic mass is 15.0. The Morgan fingerprint density at radius 3 is 1.34 bits per heavy atom. The predicted molar refractivity (Wildman–Crippen MR) is 261 cm³/mol. The summed E-state index contributed by atoms with van der Waals surface area (Å²) in [4.78, 5) is 0. The van der Waals surface area contributed by atoms with Crippen LogP contribution in [0.2, 0.25) is 0 Å². The quantitative estimate of drug-likeness (QED) is 0.164. The molecular formula is C60H38N2. The van der Waals surface area contributed by atoms with Crippen molar-refractivity contribution in [2.24, 2.45) is 0 Å². The van der Waals surface area contributed by atoms with Crippen molar-refractivity contribution in [3.05, 3.63) is 231 Å². The van der Waals surface area contributed by atoms with Crippen molar-refractivity contribution in [3.8, 4) is 78.1 Å². The van der Waals surface area contributed by atoms with Gasteiger partial charge in [-0.1, -0.05) is 176 Å². The fraction of sp³-hybridized carbons (Fsp3) is 0. The van der Waals surface area contributed by atoms with E-state index in [1.165, 1.54) is 116 Å². The zero-order valence-corrected chi connectivity index (χ0v) is 33.8.